The maximum Gasteiger partial charge on any atom is 0.256 e. The predicted octanol–water partition coefficient (Wildman–Crippen LogP) is 13.4. The molecule has 0 saturated heterocycles. The van der Waals surface area contributed by atoms with Crippen LogP contribution < -0.4 is 61.7 Å². The molecule has 0 saturated carbocycles. The van der Waals surface area contributed by atoms with Crippen LogP contribution in [0.2, 0.25) is 0 Å². The van der Waals surface area contributed by atoms with Gasteiger partial charge in [-0.3, -0.25) is 0 Å². The molecule has 0 spiro atoms. The fourth-order valence-corrected chi connectivity index (χ4v) is 12.0. The number of hydrogen-bond donors (Lipinski definition) is 0. The summed E-state index contributed by atoms with van der Waals surface area (Å²) >= 11 is 0. The van der Waals surface area contributed by atoms with Gasteiger partial charge >= 0.3 is 0 Å². The first kappa shape index (κ1) is 42.1. The summed E-state index contributed by atoms with van der Waals surface area (Å²) in [6.07, 6.45) is 0. The van der Waals surface area contributed by atoms with Crippen LogP contribution in [0.15, 0.2) is 261 Å². The molecular weight excluding hydrogens is 904 g/mol. The minimum atomic E-state index is 0.0681. The molecule has 11 aromatic rings. The molecule has 0 bridgehead atoms. The quantitative estimate of drug-likeness (QED) is 0.141. The molecule has 4 aliphatic rings. The average Bonchev–Trinajstić information content (AvgIpc) is 3.48. The summed E-state index contributed by atoms with van der Waals surface area (Å²) in [5, 5.41) is 0. The molecule has 4 heterocycles. The molecule has 0 fully saturated rings. The van der Waals surface area contributed by atoms with Crippen molar-refractivity contribution in [3.63, 3.8) is 0 Å². The van der Waals surface area contributed by atoms with Crippen molar-refractivity contribution >= 4 is 97.4 Å². The Morgan fingerprint density at radius 3 is 1.19 bits per heavy atom. The lowest BCUT2D eigenvalue weighted by molar-refractivity contribution is 0.482. The fourth-order valence-electron chi connectivity index (χ4n) is 12.0. The molecule has 15 rings (SSSR count). The van der Waals surface area contributed by atoms with E-state index in [9.17, 15) is 0 Å². The van der Waals surface area contributed by atoms with Crippen LogP contribution in [0.25, 0.3) is 11.1 Å². The summed E-state index contributed by atoms with van der Waals surface area (Å²) in [6, 6.07) is 91.9. The van der Waals surface area contributed by atoms with E-state index < -0.39 is 0 Å². The molecule has 8 heteroatoms. The maximum absolute atomic E-state index is 6.76. The Morgan fingerprint density at radius 2 is 0.635 bits per heavy atom. The van der Waals surface area contributed by atoms with Crippen molar-refractivity contribution < 1.29 is 14.2 Å². The molecular formula is C66H43B2N3O3. The lowest BCUT2D eigenvalue weighted by Crippen LogP contribution is -2.61. The van der Waals surface area contributed by atoms with Gasteiger partial charge in [0.25, 0.3) is 13.4 Å². The first-order valence-electron chi connectivity index (χ1n) is 25.2. The third kappa shape index (κ3) is 6.76. The third-order valence-corrected chi connectivity index (χ3v) is 15.0. The Bertz CT molecular complexity index is 4030. The zero-order valence-electron chi connectivity index (χ0n) is 40.0. The van der Waals surface area contributed by atoms with E-state index in [1.54, 1.807) is 0 Å². The number of rotatable bonds is 8. The highest BCUT2D eigenvalue weighted by Crippen LogP contribution is 2.46. The van der Waals surface area contributed by atoms with Crippen LogP contribution >= 0.6 is 0 Å². The Morgan fingerprint density at radius 1 is 0.270 bits per heavy atom. The van der Waals surface area contributed by atoms with Gasteiger partial charge in [-0.1, -0.05) is 140 Å². The van der Waals surface area contributed by atoms with E-state index in [1.165, 1.54) is 44.2 Å². The molecule has 0 radical (unpaired) electrons. The van der Waals surface area contributed by atoms with Gasteiger partial charge in [-0.2, -0.15) is 0 Å². The van der Waals surface area contributed by atoms with E-state index in [0.29, 0.717) is 0 Å². The normalized spacial score (nSPS) is 13.1. The standard InChI is InChI=1S/C66H43B2N3O3/c1-2-20-46(21-3-1)69-57-32-8-4-28-53(57)67-54-29-5-9-33-58(54)70(61-36-16-35-60(69)65(61)67)47-22-14-26-51(42-47)72-49-24-12-18-44(40-49)45-19-13-25-50(41-45)73-52-27-15-23-48(43-52)71-59-34-10-6-30-55(59)68-56-31-7-11-38-63(56)74-64-39-17-37-62(71)66(64)68/h1-43H. The number of hydrogen-bond acceptors (Lipinski definition) is 6. The van der Waals surface area contributed by atoms with Gasteiger partial charge in [-0.25, -0.2) is 0 Å². The van der Waals surface area contributed by atoms with Crippen LogP contribution in [0, 0.1) is 0 Å². The highest BCUT2D eigenvalue weighted by molar-refractivity contribution is 7.00. The minimum Gasteiger partial charge on any atom is -0.458 e. The summed E-state index contributed by atoms with van der Waals surface area (Å²) in [6.45, 7) is 0.145. The van der Waals surface area contributed by atoms with E-state index in [-0.39, 0.29) is 13.4 Å². The van der Waals surface area contributed by atoms with Crippen molar-refractivity contribution in [2.45, 2.75) is 0 Å². The number of fused-ring (bicyclic) bond motifs is 8. The van der Waals surface area contributed by atoms with Gasteiger partial charge in [0.05, 0.1) is 0 Å². The van der Waals surface area contributed by atoms with E-state index in [2.05, 4.69) is 233 Å². The van der Waals surface area contributed by atoms with Gasteiger partial charge in [-0.05, 0) is 153 Å². The van der Waals surface area contributed by atoms with Gasteiger partial charge in [-0.15, -0.1) is 0 Å². The summed E-state index contributed by atoms with van der Waals surface area (Å²) in [5.41, 5.74) is 19.6. The summed E-state index contributed by atoms with van der Waals surface area (Å²) < 4.78 is 20.0. The van der Waals surface area contributed by atoms with Crippen molar-refractivity contribution in [1.82, 2.24) is 0 Å². The van der Waals surface area contributed by atoms with Crippen LogP contribution in [0.3, 0.4) is 0 Å². The Labute approximate surface area is 430 Å². The predicted molar refractivity (Wildman–Crippen MR) is 305 cm³/mol. The molecule has 6 nitrogen and oxygen atoms in total. The molecule has 0 aliphatic carbocycles. The second-order valence-corrected chi connectivity index (χ2v) is 19.2. The number of nitrogens with zero attached hydrogens (tertiary/aromatic N) is 3. The highest BCUT2D eigenvalue weighted by atomic mass is 16.5. The maximum atomic E-state index is 6.76. The molecule has 0 amide bonds. The van der Waals surface area contributed by atoms with Gasteiger partial charge in [0, 0.05) is 63.3 Å². The number of benzene rings is 11. The van der Waals surface area contributed by atoms with E-state index >= 15 is 0 Å². The summed E-state index contributed by atoms with van der Waals surface area (Å²) in [4.78, 5) is 7.15. The number of anilines is 9. The lowest BCUT2D eigenvalue weighted by Gasteiger charge is -2.44. The van der Waals surface area contributed by atoms with E-state index in [0.717, 1.165) is 85.4 Å². The monoisotopic (exact) mass is 947 g/mol. The van der Waals surface area contributed by atoms with Gasteiger partial charge in [0.15, 0.2) is 0 Å². The second kappa shape index (κ2) is 17.0. The molecule has 74 heavy (non-hydrogen) atoms. The van der Waals surface area contributed by atoms with Crippen molar-refractivity contribution in [2.75, 3.05) is 14.7 Å². The molecule has 0 unspecified atom stereocenters. The third-order valence-electron chi connectivity index (χ3n) is 15.0. The van der Waals surface area contributed by atoms with Crippen LogP contribution in [-0.2, 0) is 0 Å². The SMILES string of the molecule is c1ccc(N2c3ccccc3B3c4ccccc4N(c4cccc(Oc5cccc(-c6cccc(Oc7cccc(N8c9ccccc9B9c%10ccccc%10Oc%10cccc8c%109)c7)c6)c5)c4)c4cccc2c43)cc1. The van der Waals surface area contributed by atoms with E-state index in [4.69, 9.17) is 14.2 Å². The van der Waals surface area contributed by atoms with Crippen LogP contribution in [-0.4, -0.2) is 13.4 Å². The van der Waals surface area contributed by atoms with Crippen molar-refractivity contribution in [3.8, 4) is 45.6 Å². The Kier molecular flexibility index (Phi) is 9.67. The molecule has 0 aromatic heterocycles. The first-order chi connectivity index (χ1) is 36.7. The lowest BCUT2D eigenvalue weighted by atomic mass is 9.33. The van der Waals surface area contributed by atoms with Crippen LogP contribution in [0.1, 0.15) is 0 Å². The minimum absolute atomic E-state index is 0.0681. The fraction of sp³-hybridized carbons (Fsp3) is 0. The zero-order valence-corrected chi connectivity index (χ0v) is 40.0. The second-order valence-electron chi connectivity index (χ2n) is 19.2. The molecule has 4 aliphatic heterocycles. The van der Waals surface area contributed by atoms with Gasteiger partial charge < -0.3 is 28.9 Å². The Hall–Kier alpha value is -9.65. The smallest absolute Gasteiger partial charge is 0.256 e. The van der Waals surface area contributed by atoms with Crippen molar-refractivity contribution in [1.29, 1.82) is 0 Å². The van der Waals surface area contributed by atoms with Crippen molar-refractivity contribution in [2.24, 2.45) is 0 Å². The molecule has 11 aromatic carbocycles. The van der Waals surface area contributed by atoms with Crippen LogP contribution in [0.5, 0.6) is 34.5 Å². The summed E-state index contributed by atoms with van der Waals surface area (Å²) in [5.74, 6) is 4.76. The first-order valence-corrected chi connectivity index (χ1v) is 25.2. The summed E-state index contributed by atoms with van der Waals surface area (Å²) in [7, 11) is 0. The molecule has 346 valence electrons. The highest BCUT2D eigenvalue weighted by Gasteiger charge is 2.44. The Balaban J connectivity index is 0.722. The largest absolute Gasteiger partial charge is 0.458 e. The van der Waals surface area contributed by atoms with E-state index in [1.807, 2.05) is 42.5 Å². The molecule has 0 atom stereocenters. The van der Waals surface area contributed by atoms with Gasteiger partial charge in [0.1, 0.15) is 34.5 Å². The number of para-hydroxylation sites is 5. The van der Waals surface area contributed by atoms with Crippen LogP contribution in [0.4, 0.5) is 51.2 Å². The van der Waals surface area contributed by atoms with Gasteiger partial charge in [0.2, 0.25) is 0 Å². The topological polar surface area (TPSA) is 37.4 Å². The number of ether oxygens (including phenoxy) is 3. The average molecular weight is 948 g/mol. The van der Waals surface area contributed by atoms with Crippen molar-refractivity contribution in [3.05, 3.63) is 261 Å². The molecule has 0 N–H and O–H groups in total. The zero-order chi connectivity index (χ0) is 48.7.